The van der Waals surface area contributed by atoms with Crippen LogP contribution in [0.5, 0.6) is 0 Å². The zero-order valence-electron chi connectivity index (χ0n) is 17.2. The number of nitrogens with one attached hydrogen (secondary N) is 1. The van der Waals surface area contributed by atoms with Gasteiger partial charge in [-0.3, -0.25) is 14.2 Å². The molecule has 0 unspecified atom stereocenters. The van der Waals surface area contributed by atoms with Crippen molar-refractivity contribution in [2.24, 2.45) is 0 Å². The molecule has 1 amide bonds. The van der Waals surface area contributed by atoms with Gasteiger partial charge in [0.2, 0.25) is 5.91 Å². The molecule has 0 aliphatic rings. The van der Waals surface area contributed by atoms with E-state index < -0.39 is 0 Å². The summed E-state index contributed by atoms with van der Waals surface area (Å²) in [6.45, 7) is 2.53. The number of aryl methyl sites for hydroxylation is 1. The van der Waals surface area contributed by atoms with Crippen LogP contribution in [0.15, 0.2) is 88.8 Å². The highest BCUT2D eigenvalue weighted by molar-refractivity contribution is 7.99. The minimum Gasteiger partial charge on any atom is -0.355 e. The number of rotatable bonds is 7. The van der Waals surface area contributed by atoms with E-state index in [1.807, 2.05) is 79.7 Å². The second-order valence-electron chi connectivity index (χ2n) is 7.21. The first kappa shape index (κ1) is 20.9. The zero-order chi connectivity index (χ0) is 21.6. The average Bonchev–Trinajstić information content (AvgIpc) is 2.79. The Labute approximate surface area is 185 Å². The molecule has 1 N–H and O–H groups in total. The Morgan fingerprint density at radius 3 is 2.48 bits per heavy atom. The zero-order valence-corrected chi connectivity index (χ0v) is 18.1. The van der Waals surface area contributed by atoms with Gasteiger partial charge >= 0.3 is 0 Å². The minimum atomic E-state index is -0.133. The number of benzene rings is 3. The summed E-state index contributed by atoms with van der Waals surface area (Å²) in [6.07, 6.45) is 0.777. The number of carbonyl (C=O) groups is 1. The summed E-state index contributed by atoms with van der Waals surface area (Å²) in [5.41, 5.74) is 3.42. The highest BCUT2D eigenvalue weighted by Crippen LogP contribution is 2.23. The van der Waals surface area contributed by atoms with Crippen molar-refractivity contribution in [1.82, 2.24) is 14.9 Å². The molecule has 0 saturated carbocycles. The lowest BCUT2D eigenvalue weighted by atomic mass is 10.1. The van der Waals surface area contributed by atoms with Crippen molar-refractivity contribution in [2.45, 2.75) is 18.5 Å². The van der Waals surface area contributed by atoms with E-state index in [1.165, 1.54) is 17.3 Å². The van der Waals surface area contributed by atoms with E-state index in [0.717, 1.165) is 17.7 Å². The van der Waals surface area contributed by atoms with Crippen molar-refractivity contribution < 1.29 is 4.79 Å². The topological polar surface area (TPSA) is 64.0 Å². The molecule has 6 heteroatoms. The Morgan fingerprint density at radius 2 is 1.68 bits per heavy atom. The molecule has 1 heterocycles. The number of hydrogen-bond acceptors (Lipinski definition) is 4. The molecule has 0 spiro atoms. The standard InChI is InChI=1S/C25H23N3O2S/c1-18-9-5-8-14-22(18)28-24(30)20-12-6-7-13-21(20)27-25(28)31-17-23(29)26-16-15-19-10-3-2-4-11-19/h2-14H,15-17H2,1H3,(H,26,29). The number of thioether (sulfide) groups is 1. The molecule has 0 bridgehead atoms. The SMILES string of the molecule is Cc1ccccc1-n1c(SCC(=O)NCCc2ccccc2)nc2ccccc2c1=O. The quantitative estimate of drug-likeness (QED) is 0.354. The summed E-state index contributed by atoms with van der Waals surface area (Å²) in [4.78, 5) is 30.4. The predicted molar refractivity (Wildman–Crippen MR) is 126 cm³/mol. The van der Waals surface area contributed by atoms with Gasteiger partial charge in [0, 0.05) is 6.54 Å². The second kappa shape index (κ2) is 9.62. The van der Waals surface area contributed by atoms with E-state index in [0.29, 0.717) is 22.6 Å². The maximum absolute atomic E-state index is 13.3. The van der Waals surface area contributed by atoms with Crippen LogP contribution >= 0.6 is 11.8 Å². The summed E-state index contributed by atoms with van der Waals surface area (Å²) in [7, 11) is 0. The molecule has 3 aromatic carbocycles. The average molecular weight is 430 g/mol. The molecule has 5 nitrogen and oxygen atoms in total. The predicted octanol–water partition coefficient (Wildman–Crippen LogP) is 4.15. The molecule has 0 atom stereocenters. The van der Waals surface area contributed by atoms with Crippen LogP contribution in [0.3, 0.4) is 0 Å². The second-order valence-corrected chi connectivity index (χ2v) is 8.16. The lowest BCUT2D eigenvalue weighted by Gasteiger charge is -2.15. The minimum absolute atomic E-state index is 0.0836. The van der Waals surface area contributed by atoms with Gasteiger partial charge in [0.1, 0.15) is 0 Å². The molecule has 1 aromatic heterocycles. The van der Waals surface area contributed by atoms with E-state index in [2.05, 4.69) is 5.32 Å². The Hall–Kier alpha value is -3.38. The fourth-order valence-corrected chi connectivity index (χ4v) is 4.24. The highest BCUT2D eigenvalue weighted by Gasteiger charge is 2.15. The molecule has 0 radical (unpaired) electrons. The van der Waals surface area contributed by atoms with E-state index >= 15 is 0 Å². The maximum Gasteiger partial charge on any atom is 0.266 e. The molecule has 0 fully saturated rings. The molecular weight excluding hydrogens is 406 g/mol. The van der Waals surface area contributed by atoms with E-state index in [1.54, 1.807) is 10.6 Å². The number of para-hydroxylation sites is 2. The van der Waals surface area contributed by atoms with Gasteiger partial charge in [0.25, 0.3) is 5.56 Å². The summed E-state index contributed by atoms with van der Waals surface area (Å²) in [5, 5.41) is 4.02. The van der Waals surface area contributed by atoms with Crippen LogP contribution in [-0.4, -0.2) is 27.8 Å². The van der Waals surface area contributed by atoms with Crippen molar-refractivity contribution in [2.75, 3.05) is 12.3 Å². The maximum atomic E-state index is 13.3. The van der Waals surface area contributed by atoms with Crippen LogP contribution in [0.1, 0.15) is 11.1 Å². The van der Waals surface area contributed by atoms with Crippen LogP contribution in [0.4, 0.5) is 0 Å². The van der Waals surface area contributed by atoms with Crippen molar-refractivity contribution in [3.8, 4) is 5.69 Å². The molecule has 0 aliphatic heterocycles. The number of carbonyl (C=O) groups excluding carboxylic acids is 1. The third kappa shape index (κ3) is 4.86. The van der Waals surface area contributed by atoms with Gasteiger partial charge in [-0.05, 0) is 42.7 Å². The van der Waals surface area contributed by atoms with Crippen molar-refractivity contribution in [3.63, 3.8) is 0 Å². The Balaban J connectivity index is 1.55. The van der Waals surface area contributed by atoms with E-state index in [9.17, 15) is 9.59 Å². The summed E-state index contributed by atoms with van der Waals surface area (Å²) < 4.78 is 1.61. The van der Waals surface area contributed by atoms with Crippen LogP contribution in [0.25, 0.3) is 16.6 Å². The molecule has 4 aromatic rings. The fourth-order valence-electron chi connectivity index (χ4n) is 3.41. The van der Waals surface area contributed by atoms with Crippen LogP contribution in [0, 0.1) is 6.92 Å². The monoisotopic (exact) mass is 429 g/mol. The van der Waals surface area contributed by atoms with Gasteiger partial charge in [0.15, 0.2) is 5.16 Å². The summed E-state index contributed by atoms with van der Waals surface area (Å²) >= 11 is 1.27. The number of amides is 1. The normalized spacial score (nSPS) is 10.9. The molecular formula is C25H23N3O2S. The smallest absolute Gasteiger partial charge is 0.266 e. The van der Waals surface area contributed by atoms with Crippen molar-refractivity contribution in [3.05, 3.63) is 100 Å². The van der Waals surface area contributed by atoms with E-state index in [4.69, 9.17) is 4.98 Å². The number of nitrogens with zero attached hydrogens (tertiary/aromatic N) is 2. The number of aromatic nitrogens is 2. The van der Waals surface area contributed by atoms with Gasteiger partial charge in [-0.25, -0.2) is 4.98 Å². The van der Waals surface area contributed by atoms with Gasteiger partial charge in [-0.1, -0.05) is 72.4 Å². The first-order valence-electron chi connectivity index (χ1n) is 10.1. The van der Waals surface area contributed by atoms with Crippen molar-refractivity contribution >= 4 is 28.6 Å². The highest BCUT2D eigenvalue weighted by atomic mass is 32.2. The molecule has 31 heavy (non-hydrogen) atoms. The fraction of sp³-hybridized carbons (Fsp3) is 0.160. The van der Waals surface area contributed by atoms with Crippen LogP contribution in [0.2, 0.25) is 0 Å². The number of hydrogen-bond donors (Lipinski definition) is 1. The van der Waals surface area contributed by atoms with Gasteiger partial charge in [0.05, 0.1) is 22.3 Å². The molecule has 0 saturated heterocycles. The third-order valence-corrected chi connectivity index (χ3v) is 5.95. The molecule has 156 valence electrons. The van der Waals surface area contributed by atoms with Gasteiger partial charge in [-0.15, -0.1) is 0 Å². The lowest BCUT2D eigenvalue weighted by Crippen LogP contribution is -2.28. The Morgan fingerprint density at radius 1 is 0.968 bits per heavy atom. The van der Waals surface area contributed by atoms with Crippen LogP contribution < -0.4 is 10.9 Å². The summed E-state index contributed by atoms with van der Waals surface area (Å²) in [5.74, 6) is 0.102. The van der Waals surface area contributed by atoms with Gasteiger partial charge < -0.3 is 5.32 Å². The first-order chi connectivity index (χ1) is 15.1. The number of fused-ring (bicyclic) bond motifs is 1. The summed E-state index contributed by atoms with van der Waals surface area (Å²) in [6, 6.07) is 25.0. The van der Waals surface area contributed by atoms with Crippen molar-refractivity contribution in [1.29, 1.82) is 0 Å². The van der Waals surface area contributed by atoms with Gasteiger partial charge in [-0.2, -0.15) is 0 Å². The molecule has 4 rings (SSSR count). The van der Waals surface area contributed by atoms with Crippen LogP contribution in [-0.2, 0) is 11.2 Å². The third-order valence-electron chi connectivity index (χ3n) is 5.01. The Kier molecular flexibility index (Phi) is 6.48. The molecule has 0 aliphatic carbocycles. The van der Waals surface area contributed by atoms with E-state index in [-0.39, 0.29) is 17.2 Å². The lowest BCUT2D eigenvalue weighted by molar-refractivity contribution is -0.118. The first-order valence-corrected chi connectivity index (χ1v) is 11.1. The Bertz CT molecular complexity index is 1270. The largest absolute Gasteiger partial charge is 0.355 e.